The molecule has 0 bridgehead atoms. The van der Waals surface area contributed by atoms with Crippen LogP contribution >= 0.6 is 23.2 Å². The van der Waals surface area contributed by atoms with Crippen molar-refractivity contribution in [1.82, 2.24) is 0 Å². The zero-order valence-electron chi connectivity index (χ0n) is 13.3. The summed E-state index contributed by atoms with van der Waals surface area (Å²) in [6, 6.07) is 6.09. The van der Waals surface area contributed by atoms with Crippen LogP contribution in [0, 0.1) is 5.82 Å². The van der Waals surface area contributed by atoms with Crippen LogP contribution in [0.15, 0.2) is 30.3 Å². The number of carbonyl (C=O) groups excluding carboxylic acids is 2. The molecule has 0 atom stereocenters. The minimum absolute atomic E-state index is 0.0268. The maximum Gasteiger partial charge on any atom is 0.338 e. The molecule has 0 spiro atoms. The van der Waals surface area contributed by atoms with Gasteiger partial charge in [0.1, 0.15) is 11.6 Å². The van der Waals surface area contributed by atoms with Gasteiger partial charge in [-0.15, -0.1) is 0 Å². The van der Waals surface area contributed by atoms with Crippen molar-refractivity contribution in [2.75, 3.05) is 20.8 Å². The van der Waals surface area contributed by atoms with Gasteiger partial charge >= 0.3 is 5.97 Å². The summed E-state index contributed by atoms with van der Waals surface area (Å²) in [6.07, 6.45) is 0. The molecular weight excluding hydrogens is 374 g/mol. The van der Waals surface area contributed by atoms with E-state index in [2.05, 4.69) is 0 Å². The number of halogens is 3. The smallest absolute Gasteiger partial charge is 0.338 e. The molecule has 0 fully saturated rings. The fraction of sp³-hybridized carbons (Fsp3) is 0.176. The van der Waals surface area contributed by atoms with Crippen molar-refractivity contribution in [1.29, 1.82) is 0 Å². The zero-order chi connectivity index (χ0) is 18.6. The molecule has 0 N–H and O–H groups in total. The van der Waals surface area contributed by atoms with Gasteiger partial charge in [-0.25, -0.2) is 9.18 Å². The van der Waals surface area contributed by atoms with Gasteiger partial charge in [0.05, 0.1) is 35.4 Å². The van der Waals surface area contributed by atoms with Crippen LogP contribution in [0.4, 0.5) is 4.39 Å². The Balaban J connectivity index is 2.12. The van der Waals surface area contributed by atoms with Gasteiger partial charge in [-0.2, -0.15) is 0 Å². The molecule has 5 nitrogen and oxygen atoms in total. The number of ether oxygens (including phenoxy) is 3. The highest BCUT2D eigenvalue weighted by molar-refractivity contribution is 6.37. The van der Waals surface area contributed by atoms with E-state index in [9.17, 15) is 14.0 Å². The molecule has 132 valence electrons. The predicted molar refractivity (Wildman–Crippen MR) is 90.6 cm³/mol. The molecular formula is C17H13Cl2FO5. The first-order chi connectivity index (χ1) is 11.9. The Morgan fingerprint density at radius 3 is 2.24 bits per heavy atom. The van der Waals surface area contributed by atoms with E-state index < -0.39 is 24.2 Å². The lowest BCUT2D eigenvalue weighted by atomic mass is 10.1. The fourth-order valence-electron chi connectivity index (χ4n) is 2.06. The van der Waals surface area contributed by atoms with Crippen molar-refractivity contribution >= 4 is 35.0 Å². The summed E-state index contributed by atoms with van der Waals surface area (Å²) < 4.78 is 28.2. The van der Waals surface area contributed by atoms with Gasteiger partial charge in [0.15, 0.2) is 12.4 Å². The summed E-state index contributed by atoms with van der Waals surface area (Å²) in [5.74, 6) is -1.63. The van der Waals surface area contributed by atoms with Crippen molar-refractivity contribution < 1.29 is 28.2 Å². The number of hydrogen-bond donors (Lipinski definition) is 0. The van der Waals surface area contributed by atoms with E-state index >= 15 is 0 Å². The molecule has 8 heteroatoms. The van der Waals surface area contributed by atoms with Gasteiger partial charge in [-0.1, -0.05) is 23.2 Å². The number of hydrogen-bond acceptors (Lipinski definition) is 5. The molecule has 2 aromatic carbocycles. The summed E-state index contributed by atoms with van der Waals surface area (Å²) in [5, 5.41) is 0.250. The molecule has 0 aliphatic rings. The van der Waals surface area contributed by atoms with E-state index in [1.165, 1.54) is 32.4 Å². The van der Waals surface area contributed by atoms with Gasteiger partial charge in [-0.3, -0.25) is 4.79 Å². The van der Waals surface area contributed by atoms with E-state index in [4.69, 9.17) is 37.4 Å². The Morgan fingerprint density at radius 2 is 1.68 bits per heavy atom. The molecule has 0 unspecified atom stereocenters. The molecule has 0 aliphatic carbocycles. The Bertz CT molecular complexity index is 800. The first kappa shape index (κ1) is 19.0. The summed E-state index contributed by atoms with van der Waals surface area (Å²) in [4.78, 5) is 24.2. The van der Waals surface area contributed by atoms with E-state index in [-0.39, 0.29) is 32.7 Å². The maximum atomic E-state index is 13.3. The second-order valence-electron chi connectivity index (χ2n) is 4.82. The van der Waals surface area contributed by atoms with Gasteiger partial charge in [0.2, 0.25) is 5.78 Å². The number of rotatable bonds is 6. The molecule has 0 radical (unpaired) electrons. The van der Waals surface area contributed by atoms with Crippen molar-refractivity contribution in [2.45, 2.75) is 0 Å². The summed E-state index contributed by atoms with van der Waals surface area (Å²) in [6.45, 7) is -0.597. The lowest BCUT2D eigenvalue weighted by Crippen LogP contribution is -2.15. The van der Waals surface area contributed by atoms with E-state index in [0.717, 1.165) is 12.1 Å². The summed E-state index contributed by atoms with van der Waals surface area (Å²) in [5.41, 5.74) is 0.0240. The minimum atomic E-state index is -0.810. The summed E-state index contributed by atoms with van der Waals surface area (Å²) in [7, 11) is 2.73. The molecule has 2 rings (SSSR count). The molecule has 0 saturated heterocycles. The second-order valence-corrected chi connectivity index (χ2v) is 5.63. The largest absolute Gasteiger partial charge is 0.496 e. The topological polar surface area (TPSA) is 61.8 Å². The van der Waals surface area contributed by atoms with Crippen LogP contribution in [0.25, 0.3) is 0 Å². The van der Waals surface area contributed by atoms with Gasteiger partial charge in [0, 0.05) is 0 Å². The van der Waals surface area contributed by atoms with Crippen LogP contribution in [0.5, 0.6) is 11.5 Å². The third-order valence-electron chi connectivity index (χ3n) is 3.23. The van der Waals surface area contributed by atoms with Crippen LogP contribution in [0.3, 0.4) is 0 Å². The molecule has 0 saturated carbocycles. The lowest BCUT2D eigenvalue weighted by molar-refractivity contribution is 0.0474. The number of benzene rings is 2. The third-order valence-corrected chi connectivity index (χ3v) is 3.80. The van der Waals surface area contributed by atoms with Gasteiger partial charge in [-0.05, 0) is 30.3 Å². The standard InChI is InChI=1S/C17H13Cl2FO5/c1-23-15-4-3-10(20)7-11(15)14(21)8-25-17(22)9-5-12(18)16(24-2)13(19)6-9/h3-7H,8H2,1-2H3. The third kappa shape index (κ3) is 4.41. The minimum Gasteiger partial charge on any atom is -0.496 e. The average Bonchev–Trinajstić information content (AvgIpc) is 2.58. The number of Topliss-reactive ketones (excluding diaryl/α,β-unsaturated/α-hetero) is 1. The van der Waals surface area contributed by atoms with E-state index in [1.54, 1.807) is 0 Å². The SMILES string of the molecule is COc1ccc(F)cc1C(=O)COC(=O)c1cc(Cl)c(OC)c(Cl)c1. The maximum absolute atomic E-state index is 13.3. The van der Waals surface area contributed by atoms with Crippen LogP contribution in [0.2, 0.25) is 10.0 Å². The highest BCUT2D eigenvalue weighted by Crippen LogP contribution is 2.34. The molecule has 2 aromatic rings. The van der Waals surface area contributed by atoms with Gasteiger partial charge < -0.3 is 14.2 Å². The first-order valence-electron chi connectivity index (χ1n) is 6.94. The lowest BCUT2D eigenvalue weighted by Gasteiger charge is -2.10. The number of esters is 1. The molecule has 0 aromatic heterocycles. The highest BCUT2D eigenvalue weighted by atomic mass is 35.5. The van der Waals surface area contributed by atoms with Crippen LogP contribution in [-0.2, 0) is 4.74 Å². The van der Waals surface area contributed by atoms with E-state index in [0.29, 0.717) is 0 Å². The molecule has 25 heavy (non-hydrogen) atoms. The van der Waals surface area contributed by atoms with Crippen molar-refractivity contribution in [3.63, 3.8) is 0 Å². The Kier molecular flexibility index (Phi) is 6.22. The number of methoxy groups -OCH3 is 2. The summed E-state index contributed by atoms with van der Waals surface area (Å²) >= 11 is 11.9. The Hall–Kier alpha value is -2.31. The Labute approximate surface area is 153 Å². The predicted octanol–water partition coefficient (Wildman–Crippen LogP) is 4.19. The number of carbonyl (C=O) groups is 2. The first-order valence-corrected chi connectivity index (χ1v) is 7.69. The Morgan fingerprint density at radius 1 is 1.04 bits per heavy atom. The monoisotopic (exact) mass is 386 g/mol. The zero-order valence-corrected chi connectivity index (χ0v) is 14.8. The van der Waals surface area contributed by atoms with Crippen molar-refractivity contribution in [2.24, 2.45) is 0 Å². The van der Waals surface area contributed by atoms with Crippen molar-refractivity contribution in [3.8, 4) is 11.5 Å². The van der Waals surface area contributed by atoms with Crippen LogP contribution in [0.1, 0.15) is 20.7 Å². The van der Waals surface area contributed by atoms with E-state index in [1.807, 2.05) is 0 Å². The molecule has 0 aliphatic heterocycles. The number of ketones is 1. The van der Waals surface area contributed by atoms with Crippen molar-refractivity contribution in [3.05, 3.63) is 57.3 Å². The highest BCUT2D eigenvalue weighted by Gasteiger charge is 2.18. The average molecular weight is 387 g/mol. The molecule has 0 amide bonds. The van der Waals surface area contributed by atoms with Crippen LogP contribution < -0.4 is 9.47 Å². The molecule has 0 heterocycles. The normalized spacial score (nSPS) is 10.3. The van der Waals surface area contributed by atoms with Crippen LogP contribution in [-0.4, -0.2) is 32.6 Å². The van der Waals surface area contributed by atoms with Gasteiger partial charge in [0.25, 0.3) is 0 Å². The fourth-order valence-corrected chi connectivity index (χ4v) is 2.70. The quantitative estimate of drug-likeness (QED) is 0.550. The second kappa shape index (κ2) is 8.18.